The summed E-state index contributed by atoms with van der Waals surface area (Å²) in [5, 5.41) is 21.3. The van der Waals surface area contributed by atoms with Crippen molar-refractivity contribution in [1.29, 1.82) is 0 Å². The summed E-state index contributed by atoms with van der Waals surface area (Å²) in [6, 6.07) is 11.2. The van der Waals surface area contributed by atoms with E-state index < -0.39 is 5.97 Å². The molecule has 0 aliphatic carbocycles. The molecule has 154 valence electrons. The largest absolute Gasteiger partial charge is 0.490 e. The van der Waals surface area contributed by atoms with Gasteiger partial charge in [-0.2, -0.15) is 0 Å². The van der Waals surface area contributed by atoms with Gasteiger partial charge in [-0.1, -0.05) is 12.1 Å². The van der Waals surface area contributed by atoms with Crippen LogP contribution in [0.4, 0.5) is 5.82 Å². The van der Waals surface area contributed by atoms with Crippen LogP contribution in [0.25, 0.3) is 16.9 Å². The summed E-state index contributed by atoms with van der Waals surface area (Å²) in [5.41, 5.74) is 2.09. The average Bonchev–Trinajstić information content (AvgIpc) is 3.09. The van der Waals surface area contributed by atoms with Gasteiger partial charge in [0, 0.05) is 24.7 Å². The lowest BCUT2D eigenvalue weighted by atomic mass is 10.1. The number of aromatic nitrogens is 2. The van der Waals surface area contributed by atoms with Gasteiger partial charge in [-0.3, -0.25) is 9.20 Å². The van der Waals surface area contributed by atoms with Crippen LogP contribution in [-0.4, -0.2) is 51.9 Å². The average molecular weight is 399 g/mol. The number of fused-ring (bicyclic) bond motifs is 1. The number of rotatable bonds is 11. The first-order valence-electron chi connectivity index (χ1n) is 9.58. The molecule has 0 amide bonds. The molecule has 0 spiro atoms. The van der Waals surface area contributed by atoms with Gasteiger partial charge < -0.3 is 25.0 Å². The molecule has 2 heterocycles. The molecule has 0 saturated heterocycles. The van der Waals surface area contributed by atoms with Crippen LogP contribution in [0.5, 0.6) is 11.5 Å². The smallest absolute Gasteiger partial charge is 0.303 e. The molecule has 0 radical (unpaired) electrons. The molecule has 2 aromatic heterocycles. The van der Waals surface area contributed by atoms with E-state index in [1.165, 1.54) is 0 Å². The molecule has 0 bridgehead atoms. The Labute approximate surface area is 168 Å². The molecule has 1 aromatic carbocycles. The summed E-state index contributed by atoms with van der Waals surface area (Å²) in [6.45, 7) is 2.99. The van der Waals surface area contributed by atoms with Crippen LogP contribution in [0.15, 0.2) is 42.6 Å². The summed E-state index contributed by atoms with van der Waals surface area (Å²) >= 11 is 0. The minimum atomic E-state index is -0.827. The Kier molecular flexibility index (Phi) is 6.91. The zero-order chi connectivity index (χ0) is 20.6. The van der Waals surface area contributed by atoms with Crippen molar-refractivity contribution in [1.82, 2.24) is 9.38 Å². The van der Waals surface area contributed by atoms with Crippen LogP contribution >= 0.6 is 0 Å². The first-order chi connectivity index (χ1) is 14.2. The number of pyridine rings is 1. The number of aliphatic hydroxyl groups excluding tert-OH is 1. The molecule has 0 atom stereocenters. The highest BCUT2D eigenvalue weighted by Crippen LogP contribution is 2.37. The fraction of sp³-hybridized carbons (Fsp3) is 0.333. The van der Waals surface area contributed by atoms with E-state index in [9.17, 15) is 4.79 Å². The number of imidazole rings is 1. The number of carboxylic acids is 1. The first-order valence-corrected chi connectivity index (χ1v) is 9.58. The van der Waals surface area contributed by atoms with Crippen LogP contribution in [0.3, 0.4) is 0 Å². The lowest BCUT2D eigenvalue weighted by Crippen LogP contribution is -2.08. The number of nitrogens with one attached hydrogen (secondary N) is 1. The number of aliphatic carboxylic acids is 1. The number of anilines is 1. The predicted molar refractivity (Wildman–Crippen MR) is 110 cm³/mol. The number of carbonyl (C=O) groups is 1. The van der Waals surface area contributed by atoms with Gasteiger partial charge in [-0.25, -0.2) is 4.98 Å². The van der Waals surface area contributed by atoms with Crippen LogP contribution in [0.1, 0.15) is 19.8 Å². The monoisotopic (exact) mass is 399 g/mol. The fourth-order valence-electron chi connectivity index (χ4n) is 3.06. The van der Waals surface area contributed by atoms with Gasteiger partial charge in [-0.05, 0) is 37.6 Å². The van der Waals surface area contributed by atoms with Gasteiger partial charge in [0.1, 0.15) is 23.9 Å². The molecule has 0 unspecified atom stereocenters. The van der Waals surface area contributed by atoms with E-state index in [0.29, 0.717) is 42.4 Å². The number of aliphatic hydroxyl groups is 1. The summed E-state index contributed by atoms with van der Waals surface area (Å²) in [5.74, 6) is 1.17. The molecular weight excluding hydrogens is 374 g/mol. The molecule has 0 saturated carbocycles. The SMILES string of the molecule is CCOc1cccn2c(NCCCC(=O)O)c(-c3ccccc3OCCO)nc12. The highest BCUT2D eigenvalue weighted by atomic mass is 16.5. The number of para-hydroxylation sites is 1. The minimum Gasteiger partial charge on any atom is -0.490 e. The normalized spacial score (nSPS) is 10.8. The van der Waals surface area contributed by atoms with Gasteiger partial charge in [-0.15, -0.1) is 0 Å². The lowest BCUT2D eigenvalue weighted by molar-refractivity contribution is -0.137. The van der Waals surface area contributed by atoms with E-state index >= 15 is 0 Å². The molecule has 8 nitrogen and oxygen atoms in total. The summed E-state index contributed by atoms with van der Waals surface area (Å²) in [4.78, 5) is 15.6. The number of benzene rings is 1. The lowest BCUT2D eigenvalue weighted by Gasteiger charge is -2.12. The Morgan fingerprint density at radius 3 is 2.72 bits per heavy atom. The van der Waals surface area contributed by atoms with Crippen molar-refractivity contribution in [3.63, 3.8) is 0 Å². The van der Waals surface area contributed by atoms with Gasteiger partial charge in [0.05, 0.1) is 13.2 Å². The van der Waals surface area contributed by atoms with Crippen molar-refractivity contribution in [3.05, 3.63) is 42.6 Å². The third kappa shape index (κ3) is 4.78. The van der Waals surface area contributed by atoms with Gasteiger partial charge in [0.2, 0.25) is 0 Å². The number of hydrogen-bond donors (Lipinski definition) is 3. The molecule has 8 heteroatoms. The second kappa shape index (κ2) is 9.79. The number of ether oxygens (including phenoxy) is 2. The minimum absolute atomic E-state index is 0.0828. The molecule has 3 N–H and O–H groups in total. The van der Waals surface area contributed by atoms with Gasteiger partial charge in [0.15, 0.2) is 11.4 Å². The molecule has 3 rings (SSSR count). The highest BCUT2D eigenvalue weighted by Gasteiger charge is 2.19. The third-order valence-corrected chi connectivity index (χ3v) is 4.26. The van der Waals surface area contributed by atoms with E-state index in [2.05, 4.69) is 5.32 Å². The Hall–Kier alpha value is -3.26. The second-order valence-electron chi connectivity index (χ2n) is 6.30. The number of nitrogens with zero attached hydrogens (tertiary/aromatic N) is 2. The van der Waals surface area contributed by atoms with Crippen molar-refractivity contribution in [3.8, 4) is 22.8 Å². The highest BCUT2D eigenvalue weighted by molar-refractivity contribution is 5.81. The maximum atomic E-state index is 10.8. The van der Waals surface area contributed by atoms with Crippen molar-refractivity contribution in [2.45, 2.75) is 19.8 Å². The van der Waals surface area contributed by atoms with Crippen molar-refractivity contribution in [2.24, 2.45) is 0 Å². The van der Waals surface area contributed by atoms with Crippen molar-refractivity contribution >= 4 is 17.4 Å². The van der Waals surface area contributed by atoms with Crippen LogP contribution in [0.2, 0.25) is 0 Å². The van der Waals surface area contributed by atoms with Crippen LogP contribution in [-0.2, 0) is 4.79 Å². The maximum absolute atomic E-state index is 10.8. The van der Waals surface area contributed by atoms with E-state index in [4.69, 9.17) is 24.7 Å². The molecule has 3 aromatic rings. The molecular formula is C21H25N3O5. The maximum Gasteiger partial charge on any atom is 0.303 e. The quantitative estimate of drug-likeness (QED) is 0.426. The van der Waals surface area contributed by atoms with Gasteiger partial charge in [0.25, 0.3) is 0 Å². The Morgan fingerprint density at radius 1 is 1.17 bits per heavy atom. The zero-order valence-corrected chi connectivity index (χ0v) is 16.3. The van der Waals surface area contributed by atoms with E-state index in [-0.39, 0.29) is 19.6 Å². The molecule has 0 aliphatic heterocycles. The van der Waals surface area contributed by atoms with E-state index in [1.54, 1.807) is 0 Å². The second-order valence-corrected chi connectivity index (χ2v) is 6.30. The Morgan fingerprint density at radius 2 is 1.97 bits per heavy atom. The van der Waals surface area contributed by atoms with Crippen molar-refractivity contribution < 1.29 is 24.5 Å². The van der Waals surface area contributed by atoms with Crippen LogP contribution in [0, 0.1) is 0 Å². The van der Waals surface area contributed by atoms with E-state index in [0.717, 1.165) is 11.4 Å². The van der Waals surface area contributed by atoms with E-state index in [1.807, 2.05) is 53.9 Å². The molecule has 0 aliphatic rings. The topological polar surface area (TPSA) is 105 Å². The van der Waals surface area contributed by atoms with Crippen molar-refractivity contribution in [2.75, 3.05) is 31.7 Å². The summed E-state index contributed by atoms with van der Waals surface area (Å²) < 4.78 is 13.3. The molecule has 0 fully saturated rings. The fourth-order valence-corrected chi connectivity index (χ4v) is 3.06. The zero-order valence-electron chi connectivity index (χ0n) is 16.3. The molecule has 29 heavy (non-hydrogen) atoms. The summed E-state index contributed by atoms with van der Waals surface area (Å²) in [6.07, 6.45) is 2.44. The number of carboxylic acid groups (broad SMARTS) is 1. The standard InChI is InChI=1S/C21H25N3O5/c1-2-28-17-9-6-12-24-20(17)23-19(21(24)22-11-5-10-18(26)27)15-7-3-4-8-16(15)29-14-13-25/h3-4,6-9,12,22,25H,2,5,10-11,13-14H2,1H3,(H,26,27). The third-order valence-electron chi connectivity index (χ3n) is 4.26. The Bertz CT molecular complexity index is 970. The number of hydrogen-bond acceptors (Lipinski definition) is 6. The Balaban J connectivity index is 2.06. The first kappa shape index (κ1) is 20.5. The van der Waals surface area contributed by atoms with Crippen LogP contribution < -0.4 is 14.8 Å². The predicted octanol–water partition coefficient (Wildman–Crippen LogP) is 3.05. The van der Waals surface area contributed by atoms with Gasteiger partial charge >= 0.3 is 5.97 Å². The summed E-state index contributed by atoms with van der Waals surface area (Å²) in [7, 11) is 0.